The van der Waals surface area contributed by atoms with E-state index in [9.17, 15) is 4.79 Å². The Morgan fingerprint density at radius 2 is 1.96 bits per heavy atom. The van der Waals surface area contributed by atoms with E-state index < -0.39 is 5.97 Å². The molecule has 1 aliphatic rings. The molecule has 0 radical (unpaired) electrons. The fourth-order valence-corrected chi connectivity index (χ4v) is 3.51. The number of nitrogens with zero attached hydrogens (tertiary/aromatic N) is 1. The molecule has 5 nitrogen and oxygen atoms in total. The molecular weight excluding hydrogens is 328 g/mol. The summed E-state index contributed by atoms with van der Waals surface area (Å²) in [6, 6.07) is 13.4. The standard InChI is InChI=1S/C21H24N2O3/c1-23(2)11-5-8-16-15-6-3-4-7-17(15)21(22)26-19-10-9-14(12-18(16)19)13-20(24)25/h3-4,6-7,9-10,12,16,22H,5,8,11,13H2,1-2H3,(H,24,25). The van der Waals surface area contributed by atoms with E-state index in [0.29, 0.717) is 5.75 Å². The average Bonchev–Trinajstić information content (AvgIpc) is 2.70. The van der Waals surface area contributed by atoms with Gasteiger partial charge in [0, 0.05) is 17.0 Å². The first kappa shape index (κ1) is 18.1. The normalized spacial score (nSPS) is 15.8. The fourth-order valence-electron chi connectivity index (χ4n) is 3.51. The Morgan fingerprint density at radius 1 is 1.19 bits per heavy atom. The predicted octanol–water partition coefficient (Wildman–Crippen LogP) is 3.51. The van der Waals surface area contributed by atoms with Crippen LogP contribution in [0.3, 0.4) is 0 Å². The van der Waals surface area contributed by atoms with E-state index in [1.807, 2.05) is 30.3 Å². The highest BCUT2D eigenvalue weighted by Gasteiger charge is 2.27. The van der Waals surface area contributed by atoms with Crippen molar-refractivity contribution in [2.24, 2.45) is 0 Å². The van der Waals surface area contributed by atoms with Gasteiger partial charge in [0.2, 0.25) is 5.90 Å². The number of ether oxygens (including phenoxy) is 1. The van der Waals surface area contributed by atoms with Gasteiger partial charge in [0.15, 0.2) is 0 Å². The van der Waals surface area contributed by atoms with Gasteiger partial charge in [0.1, 0.15) is 5.75 Å². The molecule has 2 aromatic rings. The van der Waals surface area contributed by atoms with Gasteiger partial charge in [-0.25, -0.2) is 0 Å². The lowest BCUT2D eigenvalue weighted by Crippen LogP contribution is -2.14. The molecule has 1 atom stereocenters. The minimum atomic E-state index is -0.850. The van der Waals surface area contributed by atoms with E-state index in [2.05, 4.69) is 19.0 Å². The third kappa shape index (κ3) is 3.94. The van der Waals surface area contributed by atoms with Crippen molar-refractivity contribution >= 4 is 11.9 Å². The van der Waals surface area contributed by atoms with Gasteiger partial charge in [-0.2, -0.15) is 0 Å². The van der Waals surface area contributed by atoms with Crippen LogP contribution in [0.2, 0.25) is 0 Å². The number of aliphatic carboxylic acids is 1. The van der Waals surface area contributed by atoms with Gasteiger partial charge in [-0.1, -0.05) is 30.3 Å². The first-order chi connectivity index (χ1) is 12.5. The van der Waals surface area contributed by atoms with Gasteiger partial charge in [-0.15, -0.1) is 0 Å². The molecule has 0 saturated heterocycles. The number of benzene rings is 2. The summed E-state index contributed by atoms with van der Waals surface area (Å²) in [5.74, 6) is 0.0210. The minimum Gasteiger partial charge on any atom is -0.481 e. The number of nitrogens with one attached hydrogen (secondary N) is 1. The second kappa shape index (κ2) is 7.70. The Labute approximate surface area is 153 Å². The van der Waals surface area contributed by atoms with Crippen LogP contribution in [0, 0.1) is 5.41 Å². The van der Waals surface area contributed by atoms with Crippen molar-refractivity contribution in [1.29, 1.82) is 5.41 Å². The van der Waals surface area contributed by atoms with Crippen LogP contribution in [0.1, 0.15) is 41.0 Å². The van der Waals surface area contributed by atoms with Gasteiger partial charge in [-0.3, -0.25) is 10.2 Å². The number of carboxylic acids is 1. The van der Waals surface area contributed by atoms with Crippen LogP contribution in [0.25, 0.3) is 0 Å². The highest BCUT2D eigenvalue weighted by atomic mass is 16.5. The Balaban J connectivity index is 2.05. The zero-order chi connectivity index (χ0) is 18.7. The Morgan fingerprint density at radius 3 is 2.69 bits per heavy atom. The maximum atomic E-state index is 11.1. The van der Waals surface area contributed by atoms with Crippen LogP contribution in [0.4, 0.5) is 0 Å². The summed E-state index contributed by atoms with van der Waals surface area (Å²) >= 11 is 0. The molecular formula is C21H24N2O3. The lowest BCUT2D eigenvalue weighted by atomic mass is 9.84. The highest BCUT2D eigenvalue weighted by molar-refractivity contribution is 5.96. The number of carbonyl (C=O) groups is 1. The van der Waals surface area contributed by atoms with E-state index >= 15 is 0 Å². The van der Waals surface area contributed by atoms with Crippen molar-refractivity contribution in [3.8, 4) is 5.75 Å². The van der Waals surface area contributed by atoms with E-state index in [1.54, 1.807) is 12.1 Å². The summed E-state index contributed by atoms with van der Waals surface area (Å²) in [4.78, 5) is 13.3. The maximum Gasteiger partial charge on any atom is 0.307 e. The summed E-state index contributed by atoms with van der Waals surface area (Å²) in [5.41, 5.74) is 3.60. The molecule has 0 amide bonds. The molecule has 0 saturated carbocycles. The summed E-state index contributed by atoms with van der Waals surface area (Å²) < 4.78 is 5.83. The molecule has 0 bridgehead atoms. The molecule has 0 aromatic heterocycles. The average molecular weight is 352 g/mol. The van der Waals surface area contributed by atoms with Crippen LogP contribution in [0.15, 0.2) is 42.5 Å². The van der Waals surface area contributed by atoms with Crippen LogP contribution in [-0.4, -0.2) is 42.5 Å². The first-order valence-electron chi connectivity index (χ1n) is 8.80. The second-order valence-electron chi connectivity index (χ2n) is 6.96. The molecule has 2 aromatic carbocycles. The zero-order valence-corrected chi connectivity index (χ0v) is 15.2. The molecule has 1 unspecified atom stereocenters. The molecule has 1 aliphatic heterocycles. The summed E-state index contributed by atoms with van der Waals surface area (Å²) in [6.45, 7) is 0.973. The molecule has 26 heavy (non-hydrogen) atoms. The molecule has 5 heteroatoms. The Bertz CT molecular complexity index is 830. The van der Waals surface area contributed by atoms with Crippen LogP contribution in [0.5, 0.6) is 5.75 Å². The van der Waals surface area contributed by atoms with Gasteiger partial charge in [0.25, 0.3) is 0 Å². The SMILES string of the molecule is CN(C)CCCC1c2cc(CC(=O)O)ccc2OC(=N)c2ccccc21. The first-order valence-corrected chi connectivity index (χ1v) is 8.80. The largest absolute Gasteiger partial charge is 0.481 e. The number of fused-ring (bicyclic) bond motifs is 2. The molecule has 0 aliphatic carbocycles. The Hall–Kier alpha value is -2.66. The van der Waals surface area contributed by atoms with E-state index in [1.165, 1.54) is 0 Å². The third-order valence-electron chi connectivity index (χ3n) is 4.70. The summed E-state index contributed by atoms with van der Waals surface area (Å²) in [7, 11) is 4.11. The van der Waals surface area contributed by atoms with Gasteiger partial charge >= 0.3 is 5.97 Å². The predicted molar refractivity (Wildman–Crippen MR) is 101 cm³/mol. The molecule has 1 heterocycles. The number of carboxylic acid groups (broad SMARTS) is 1. The van der Waals surface area contributed by atoms with Crippen molar-refractivity contribution in [2.45, 2.75) is 25.2 Å². The quantitative estimate of drug-likeness (QED) is 0.834. The van der Waals surface area contributed by atoms with E-state index in [-0.39, 0.29) is 18.2 Å². The smallest absolute Gasteiger partial charge is 0.307 e. The van der Waals surface area contributed by atoms with E-state index in [4.69, 9.17) is 15.3 Å². The summed E-state index contributed by atoms with van der Waals surface area (Å²) in [6.07, 6.45) is 1.90. The second-order valence-corrected chi connectivity index (χ2v) is 6.96. The fraction of sp³-hybridized carbons (Fsp3) is 0.333. The molecule has 2 N–H and O–H groups in total. The molecule has 3 rings (SSSR count). The van der Waals surface area contributed by atoms with E-state index in [0.717, 1.165) is 41.6 Å². The molecule has 0 fully saturated rings. The topological polar surface area (TPSA) is 73.6 Å². The van der Waals surface area contributed by atoms with Crippen LogP contribution >= 0.6 is 0 Å². The van der Waals surface area contributed by atoms with Crippen LogP contribution < -0.4 is 4.74 Å². The van der Waals surface area contributed by atoms with Crippen molar-refractivity contribution in [3.63, 3.8) is 0 Å². The lowest BCUT2D eigenvalue weighted by molar-refractivity contribution is -0.136. The lowest BCUT2D eigenvalue weighted by Gasteiger charge is -2.20. The van der Waals surface area contributed by atoms with Gasteiger partial charge in [-0.05, 0) is 56.7 Å². The third-order valence-corrected chi connectivity index (χ3v) is 4.70. The maximum absolute atomic E-state index is 11.1. The van der Waals surface area contributed by atoms with Gasteiger partial charge in [0.05, 0.1) is 6.42 Å². The zero-order valence-electron chi connectivity index (χ0n) is 15.2. The monoisotopic (exact) mass is 352 g/mol. The highest BCUT2D eigenvalue weighted by Crippen LogP contribution is 2.40. The van der Waals surface area contributed by atoms with Crippen molar-refractivity contribution in [2.75, 3.05) is 20.6 Å². The number of rotatable bonds is 6. The van der Waals surface area contributed by atoms with Crippen molar-refractivity contribution in [1.82, 2.24) is 4.90 Å². The summed E-state index contributed by atoms with van der Waals surface area (Å²) in [5, 5.41) is 17.4. The molecule has 0 spiro atoms. The Kier molecular flexibility index (Phi) is 5.38. The van der Waals surface area contributed by atoms with Crippen molar-refractivity contribution in [3.05, 3.63) is 64.7 Å². The molecule has 136 valence electrons. The van der Waals surface area contributed by atoms with Gasteiger partial charge < -0.3 is 14.7 Å². The number of hydrogen-bond acceptors (Lipinski definition) is 4. The van der Waals surface area contributed by atoms with Crippen LogP contribution in [-0.2, 0) is 11.2 Å². The number of hydrogen-bond donors (Lipinski definition) is 2. The minimum absolute atomic E-state index is 0.0171. The van der Waals surface area contributed by atoms with Crippen molar-refractivity contribution < 1.29 is 14.6 Å².